The maximum atomic E-state index is 13.5. The molecule has 12 heteroatoms. The molecule has 0 fully saturated rings. The summed E-state index contributed by atoms with van der Waals surface area (Å²) >= 11 is 7.97. The number of non-ortho nitro benzene ring substituents is 1. The van der Waals surface area contributed by atoms with E-state index in [1.165, 1.54) is 23.9 Å². The summed E-state index contributed by atoms with van der Waals surface area (Å²) in [5, 5.41) is 22.7. The molecule has 2 N–H and O–H groups in total. The predicted molar refractivity (Wildman–Crippen MR) is 141 cm³/mol. The summed E-state index contributed by atoms with van der Waals surface area (Å²) in [6.45, 7) is 1.81. The number of nitrogens with one attached hydrogen (secondary N) is 2. The number of anilines is 2. The summed E-state index contributed by atoms with van der Waals surface area (Å²) in [6, 6.07) is 16.5. The summed E-state index contributed by atoms with van der Waals surface area (Å²) in [5.74, 6) is 0.676. The lowest BCUT2D eigenvalue weighted by atomic mass is 9.95. The lowest BCUT2D eigenvalue weighted by molar-refractivity contribution is -0.384. The number of aromatic nitrogens is 4. The van der Waals surface area contributed by atoms with Crippen molar-refractivity contribution in [3.63, 3.8) is 0 Å². The van der Waals surface area contributed by atoms with Crippen LogP contribution in [-0.2, 0) is 10.5 Å². The maximum Gasteiger partial charge on any atom is 0.269 e. The number of hydrogen-bond donors (Lipinski definition) is 2. The van der Waals surface area contributed by atoms with Crippen LogP contribution in [0.5, 0.6) is 0 Å². The number of nitro groups is 1. The fourth-order valence-electron chi connectivity index (χ4n) is 3.97. The highest BCUT2D eigenvalue weighted by Gasteiger charge is 2.35. The zero-order chi connectivity index (χ0) is 25.9. The average molecular weight is 534 g/mol. The van der Waals surface area contributed by atoms with Crippen LogP contribution in [0.1, 0.15) is 24.1 Å². The third kappa shape index (κ3) is 5.18. The van der Waals surface area contributed by atoms with Gasteiger partial charge in [0.05, 0.1) is 22.4 Å². The van der Waals surface area contributed by atoms with E-state index < -0.39 is 11.0 Å². The Morgan fingerprint density at radius 2 is 1.97 bits per heavy atom. The van der Waals surface area contributed by atoms with Crippen molar-refractivity contribution in [3.05, 3.63) is 111 Å². The van der Waals surface area contributed by atoms with Crippen LogP contribution in [-0.4, -0.2) is 30.6 Å². The van der Waals surface area contributed by atoms with Crippen LogP contribution < -0.4 is 10.6 Å². The number of allylic oxidation sites excluding steroid dienone is 1. The molecule has 4 aromatic rings. The molecule has 1 amide bonds. The SMILES string of the molecule is CC1=C(C(=O)Nc2cccnc2)C(c2ccccc2Cl)n2nc(SCc3ccc([N+](=O)[O-])cc3)nc2N1. The third-order valence-corrected chi connectivity index (χ3v) is 6.97. The highest BCUT2D eigenvalue weighted by atomic mass is 35.5. The van der Waals surface area contributed by atoms with E-state index in [-0.39, 0.29) is 11.6 Å². The zero-order valence-corrected chi connectivity index (χ0v) is 21.0. The van der Waals surface area contributed by atoms with E-state index in [2.05, 4.69) is 20.6 Å². The summed E-state index contributed by atoms with van der Waals surface area (Å²) in [4.78, 5) is 32.6. The van der Waals surface area contributed by atoms with E-state index in [0.717, 1.165) is 5.56 Å². The van der Waals surface area contributed by atoms with Gasteiger partial charge in [-0.1, -0.05) is 53.7 Å². The minimum absolute atomic E-state index is 0.0368. The zero-order valence-electron chi connectivity index (χ0n) is 19.5. The predicted octanol–water partition coefficient (Wildman–Crippen LogP) is 5.45. The van der Waals surface area contributed by atoms with Crippen molar-refractivity contribution in [3.8, 4) is 0 Å². The molecule has 0 saturated heterocycles. The second kappa shape index (κ2) is 10.4. The smallest absolute Gasteiger partial charge is 0.269 e. The first kappa shape index (κ1) is 24.5. The minimum Gasteiger partial charge on any atom is -0.328 e. The fraction of sp³-hybridized carbons (Fsp3) is 0.120. The van der Waals surface area contributed by atoms with Crippen molar-refractivity contribution in [2.24, 2.45) is 0 Å². The molecule has 2 aromatic heterocycles. The first-order chi connectivity index (χ1) is 17.9. The molecule has 1 unspecified atom stereocenters. The van der Waals surface area contributed by atoms with Crippen LogP contribution in [0.3, 0.4) is 0 Å². The molecule has 1 atom stereocenters. The van der Waals surface area contributed by atoms with Gasteiger partial charge in [0.2, 0.25) is 11.1 Å². The van der Waals surface area contributed by atoms with Crippen molar-refractivity contribution in [1.29, 1.82) is 0 Å². The molecule has 0 radical (unpaired) electrons. The normalized spacial score (nSPS) is 14.6. The molecule has 0 saturated carbocycles. The topological polar surface area (TPSA) is 128 Å². The van der Waals surface area contributed by atoms with Crippen LogP contribution in [0.2, 0.25) is 5.02 Å². The van der Waals surface area contributed by atoms with E-state index in [9.17, 15) is 14.9 Å². The number of hydrogen-bond acceptors (Lipinski definition) is 8. The van der Waals surface area contributed by atoms with E-state index in [0.29, 0.717) is 44.4 Å². The highest BCUT2D eigenvalue weighted by Crippen LogP contribution is 2.39. The van der Waals surface area contributed by atoms with Crippen LogP contribution in [0, 0.1) is 10.1 Å². The number of benzene rings is 2. The molecular formula is C25H20ClN7O3S. The van der Waals surface area contributed by atoms with Crippen molar-refractivity contribution >= 4 is 46.6 Å². The first-order valence-corrected chi connectivity index (χ1v) is 12.5. The van der Waals surface area contributed by atoms with Gasteiger partial charge in [-0.15, -0.1) is 5.10 Å². The summed E-state index contributed by atoms with van der Waals surface area (Å²) in [7, 11) is 0. The Bertz CT molecular complexity index is 1510. The molecule has 0 aliphatic carbocycles. The van der Waals surface area contributed by atoms with Crippen molar-refractivity contribution in [2.45, 2.75) is 23.9 Å². The summed E-state index contributed by atoms with van der Waals surface area (Å²) in [5.41, 5.74) is 3.27. The van der Waals surface area contributed by atoms with E-state index in [4.69, 9.17) is 16.7 Å². The number of carbonyl (C=O) groups excluding carboxylic acids is 1. The summed E-state index contributed by atoms with van der Waals surface area (Å²) in [6.07, 6.45) is 3.20. The number of rotatable bonds is 7. The molecule has 1 aliphatic heterocycles. The maximum absolute atomic E-state index is 13.5. The molecule has 5 rings (SSSR count). The van der Waals surface area contributed by atoms with Gasteiger partial charge in [0.25, 0.3) is 11.6 Å². The minimum atomic E-state index is -0.622. The van der Waals surface area contributed by atoms with Gasteiger partial charge in [-0.25, -0.2) is 4.68 Å². The Morgan fingerprint density at radius 1 is 1.19 bits per heavy atom. The molecule has 0 bridgehead atoms. The lowest BCUT2D eigenvalue weighted by Crippen LogP contribution is -2.31. The molecule has 186 valence electrons. The molecule has 37 heavy (non-hydrogen) atoms. The van der Waals surface area contributed by atoms with Crippen LogP contribution in [0.15, 0.2) is 89.5 Å². The third-order valence-electron chi connectivity index (χ3n) is 5.71. The fourth-order valence-corrected chi connectivity index (χ4v) is 4.99. The van der Waals surface area contributed by atoms with Gasteiger partial charge in [0.15, 0.2) is 0 Å². The van der Waals surface area contributed by atoms with Crippen molar-refractivity contribution in [1.82, 2.24) is 19.7 Å². The highest BCUT2D eigenvalue weighted by molar-refractivity contribution is 7.98. The second-order valence-corrected chi connectivity index (χ2v) is 9.51. The lowest BCUT2D eigenvalue weighted by Gasteiger charge is -2.29. The Labute approximate surface area is 220 Å². The van der Waals surface area contributed by atoms with Crippen LogP contribution in [0.25, 0.3) is 0 Å². The quantitative estimate of drug-likeness (QED) is 0.182. The standard InChI is InChI=1S/C25H20ClN7O3S/c1-15-21(23(34)29-17-5-4-12-27-13-17)22(19-6-2-3-7-20(19)26)32-24(28-15)30-25(31-32)37-14-16-8-10-18(11-9-16)33(35)36/h2-13,22H,14H2,1H3,(H,29,34)(H,28,30,31). The Morgan fingerprint density at radius 3 is 2.68 bits per heavy atom. The molecule has 2 aromatic carbocycles. The largest absolute Gasteiger partial charge is 0.328 e. The number of nitro benzene ring substituents is 1. The monoisotopic (exact) mass is 533 g/mol. The Kier molecular flexibility index (Phi) is 6.89. The molecule has 0 spiro atoms. The Balaban J connectivity index is 1.46. The summed E-state index contributed by atoms with van der Waals surface area (Å²) < 4.78 is 1.66. The van der Waals surface area contributed by atoms with Crippen molar-refractivity contribution < 1.29 is 9.72 Å². The van der Waals surface area contributed by atoms with Gasteiger partial charge >= 0.3 is 0 Å². The van der Waals surface area contributed by atoms with Gasteiger partial charge in [-0.05, 0) is 30.7 Å². The second-order valence-electron chi connectivity index (χ2n) is 8.16. The molecule has 10 nitrogen and oxygen atoms in total. The number of thioether (sulfide) groups is 1. The number of nitrogens with zero attached hydrogens (tertiary/aromatic N) is 5. The van der Waals surface area contributed by atoms with Crippen LogP contribution in [0.4, 0.5) is 17.3 Å². The number of halogens is 1. The van der Waals surface area contributed by atoms with Crippen LogP contribution >= 0.6 is 23.4 Å². The van der Waals surface area contributed by atoms with Gasteiger partial charge < -0.3 is 10.6 Å². The van der Waals surface area contributed by atoms with E-state index in [1.807, 2.05) is 25.1 Å². The number of pyridine rings is 1. The average Bonchev–Trinajstić information content (AvgIpc) is 3.30. The van der Waals surface area contributed by atoms with Gasteiger partial charge in [-0.3, -0.25) is 19.9 Å². The molecule has 1 aliphatic rings. The number of carbonyl (C=O) groups is 1. The molecule has 3 heterocycles. The number of amides is 1. The van der Waals surface area contributed by atoms with Crippen molar-refractivity contribution in [2.75, 3.05) is 10.6 Å². The van der Waals surface area contributed by atoms with E-state index in [1.54, 1.807) is 47.4 Å². The first-order valence-electron chi connectivity index (χ1n) is 11.2. The van der Waals surface area contributed by atoms with E-state index >= 15 is 0 Å². The Hall–Kier alpha value is -4.22. The molecular weight excluding hydrogens is 514 g/mol. The van der Waals surface area contributed by atoms with Gasteiger partial charge in [-0.2, -0.15) is 4.98 Å². The number of fused-ring (bicyclic) bond motifs is 1. The van der Waals surface area contributed by atoms with Gasteiger partial charge in [0.1, 0.15) is 6.04 Å². The van der Waals surface area contributed by atoms with Gasteiger partial charge in [0, 0.05) is 40.4 Å².